The van der Waals surface area contributed by atoms with E-state index >= 15 is 0 Å². The zero-order valence-electron chi connectivity index (χ0n) is 10.1. The van der Waals surface area contributed by atoms with Crippen LogP contribution < -0.4 is 10.6 Å². The van der Waals surface area contributed by atoms with Crippen LogP contribution in [0.25, 0.3) is 0 Å². The van der Waals surface area contributed by atoms with Crippen LogP contribution in [0.1, 0.15) is 32.1 Å². The van der Waals surface area contributed by atoms with Gasteiger partial charge in [0.25, 0.3) is 0 Å². The lowest BCUT2D eigenvalue weighted by Gasteiger charge is -2.23. The number of carbonyl (C=O) groups excluding carboxylic acids is 1. The van der Waals surface area contributed by atoms with Crippen LogP contribution in [0.4, 0.5) is 18.0 Å². The molecule has 0 aliphatic heterocycles. The molecule has 19 heavy (non-hydrogen) atoms. The maximum absolute atomic E-state index is 12.6. The Labute approximate surface area is 107 Å². The molecule has 2 aliphatic rings. The maximum atomic E-state index is 12.6. The van der Waals surface area contributed by atoms with Gasteiger partial charge in [0.2, 0.25) is 0 Å². The molecule has 0 radical (unpaired) electrons. The summed E-state index contributed by atoms with van der Waals surface area (Å²) in [6, 6.07) is -1.53. The zero-order chi connectivity index (χ0) is 14.3. The molecule has 2 aliphatic carbocycles. The molecule has 0 saturated heterocycles. The predicted octanol–water partition coefficient (Wildman–Crippen LogP) is 1.63. The van der Waals surface area contributed by atoms with Crippen molar-refractivity contribution in [2.45, 2.75) is 49.9 Å². The molecule has 2 atom stereocenters. The van der Waals surface area contributed by atoms with Gasteiger partial charge in [0.15, 0.2) is 0 Å². The highest BCUT2D eigenvalue weighted by Gasteiger charge is 2.64. The summed E-state index contributed by atoms with van der Waals surface area (Å²) >= 11 is 0. The van der Waals surface area contributed by atoms with Crippen molar-refractivity contribution in [3.63, 3.8) is 0 Å². The third kappa shape index (κ3) is 2.76. The number of aliphatic carboxylic acids is 1. The zero-order valence-corrected chi connectivity index (χ0v) is 10.1. The van der Waals surface area contributed by atoms with Gasteiger partial charge < -0.3 is 15.7 Å². The van der Waals surface area contributed by atoms with Gasteiger partial charge in [-0.3, -0.25) is 4.79 Å². The summed E-state index contributed by atoms with van der Waals surface area (Å²) in [7, 11) is 0. The number of carboxylic acid groups (broad SMARTS) is 1. The minimum Gasteiger partial charge on any atom is -0.481 e. The molecule has 2 unspecified atom stereocenters. The summed E-state index contributed by atoms with van der Waals surface area (Å²) in [5.74, 6) is -1.74. The van der Waals surface area contributed by atoms with Gasteiger partial charge in [0.05, 0.1) is 5.92 Å². The Balaban J connectivity index is 1.90. The first-order chi connectivity index (χ1) is 8.75. The molecule has 108 valence electrons. The summed E-state index contributed by atoms with van der Waals surface area (Å²) in [5.41, 5.74) is -2.12. The summed E-state index contributed by atoms with van der Waals surface area (Å²) in [5, 5.41) is 13.2. The fraction of sp³-hybridized carbons (Fsp3) is 0.818. The smallest absolute Gasteiger partial charge is 0.411 e. The predicted molar refractivity (Wildman–Crippen MR) is 58.5 cm³/mol. The third-order valence-corrected chi connectivity index (χ3v) is 3.80. The quantitative estimate of drug-likeness (QED) is 0.735. The number of hydrogen-bond donors (Lipinski definition) is 3. The molecule has 2 amide bonds. The Morgan fingerprint density at radius 2 is 1.84 bits per heavy atom. The van der Waals surface area contributed by atoms with Crippen molar-refractivity contribution in [2.75, 3.05) is 0 Å². The highest BCUT2D eigenvalue weighted by atomic mass is 19.4. The van der Waals surface area contributed by atoms with Crippen LogP contribution in [0.3, 0.4) is 0 Å². The van der Waals surface area contributed by atoms with Crippen LogP contribution >= 0.6 is 0 Å². The second-order valence-electron chi connectivity index (χ2n) is 5.16. The van der Waals surface area contributed by atoms with E-state index in [1.54, 1.807) is 0 Å². The van der Waals surface area contributed by atoms with E-state index in [9.17, 15) is 22.8 Å². The lowest BCUT2D eigenvalue weighted by Crippen LogP contribution is -2.54. The molecule has 0 bridgehead atoms. The summed E-state index contributed by atoms with van der Waals surface area (Å²) < 4.78 is 37.9. The number of amides is 2. The lowest BCUT2D eigenvalue weighted by molar-refractivity contribution is -0.162. The maximum Gasteiger partial charge on any atom is 0.411 e. The third-order valence-electron chi connectivity index (χ3n) is 3.80. The van der Waals surface area contributed by atoms with E-state index in [1.165, 1.54) is 0 Å². The van der Waals surface area contributed by atoms with E-state index in [-0.39, 0.29) is 12.8 Å². The van der Waals surface area contributed by atoms with Crippen LogP contribution in [0.15, 0.2) is 0 Å². The van der Waals surface area contributed by atoms with Crippen LogP contribution in [0, 0.1) is 5.92 Å². The summed E-state index contributed by atoms with van der Waals surface area (Å²) in [6.07, 6.45) is -3.17. The van der Waals surface area contributed by atoms with Crippen molar-refractivity contribution in [1.29, 1.82) is 0 Å². The van der Waals surface area contributed by atoms with Crippen LogP contribution in [0.2, 0.25) is 0 Å². The largest absolute Gasteiger partial charge is 0.481 e. The molecule has 2 rings (SSSR count). The van der Waals surface area contributed by atoms with Crippen molar-refractivity contribution in [1.82, 2.24) is 10.6 Å². The first-order valence-electron chi connectivity index (χ1n) is 6.13. The Bertz CT molecular complexity index is 393. The highest BCUT2D eigenvalue weighted by Crippen LogP contribution is 2.48. The van der Waals surface area contributed by atoms with E-state index in [0.29, 0.717) is 19.3 Å². The number of carboxylic acids is 1. The Hall–Kier alpha value is -1.47. The number of nitrogens with one attached hydrogen (secondary N) is 2. The van der Waals surface area contributed by atoms with Crippen molar-refractivity contribution in [3.05, 3.63) is 0 Å². The van der Waals surface area contributed by atoms with E-state index in [1.807, 2.05) is 5.32 Å². The number of rotatable bonds is 3. The Kier molecular flexibility index (Phi) is 3.36. The van der Waals surface area contributed by atoms with Crippen molar-refractivity contribution >= 4 is 12.0 Å². The average molecular weight is 280 g/mol. The number of alkyl halides is 3. The fourth-order valence-corrected chi connectivity index (χ4v) is 2.45. The summed E-state index contributed by atoms with van der Waals surface area (Å²) in [6.45, 7) is 0. The van der Waals surface area contributed by atoms with E-state index in [4.69, 9.17) is 5.11 Å². The molecule has 2 saturated carbocycles. The number of urea groups is 1. The van der Waals surface area contributed by atoms with Gasteiger partial charge in [-0.1, -0.05) is 6.42 Å². The van der Waals surface area contributed by atoms with Gasteiger partial charge in [0, 0.05) is 6.04 Å². The molecule has 8 heteroatoms. The molecule has 0 heterocycles. The van der Waals surface area contributed by atoms with E-state index < -0.39 is 35.7 Å². The SMILES string of the molecule is O=C(NC1CCCC1C(=O)O)NC1(C(F)(F)F)CC1. The topological polar surface area (TPSA) is 78.4 Å². The van der Waals surface area contributed by atoms with Gasteiger partial charge in [0.1, 0.15) is 5.54 Å². The standard InChI is InChI=1S/C11H15F3N2O3/c12-11(13,14)10(4-5-10)16-9(19)15-7-3-1-2-6(7)8(17)18/h6-7H,1-5H2,(H,17,18)(H2,15,16,19). The minimum absolute atomic E-state index is 0.128. The normalized spacial score (nSPS) is 28.8. The molecule has 0 aromatic heterocycles. The molecule has 3 N–H and O–H groups in total. The average Bonchev–Trinajstić information content (AvgIpc) is 2.89. The van der Waals surface area contributed by atoms with Crippen LogP contribution in [-0.2, 0) is 4.79 Å². The number of carbonyl (C=O) groups is 2. The van der Waals surface area contributed by atoms with Gasteiger partial charge >= 0.3 is 18.2 Å². The fourth-order valence-electron chi connectivity index (χ4n) is 2.45. The monoisotopic (exact) mass is 280 g/mol. The molecule has 0 aromatic rings. The van der Waals surface area contributed by atoms with Crippen LogP contribution in [-0.4, -0.2) is 34.9 Å². The van der Waals surface area contributed by atoms with Gasteiger partial charge in [-0.05, 0) is 25.7 Å². The number of hydrogen-bond acceptors (Lipinski definition) is 2. The molecule has 2 fully saturated rings. The van der Waals surface area contributed by atoms with Crippen molar-refractivity contribution in [2.24, 2.45) is 5.92 Å². The van der Waals surface area contributed by atoms with E-state index in [0.717, 1.165) is 0 Å². The first kappa shape index (κ1) is 14.0. The van der Waals surface area contributed by atoms with Crippen LogP contribution in [0.5, 0.6) is 0 Å². The molecular weight excluding hydrogens is 265 g/mol. The van der Waals surface area contributed by atoms with Gasteiger partial charge in [-0.15, -0.1) is 0 Å². The number of halogens is 3. The Morgan fingerprint density at radius 1 is 1.21 bits per heavy atom. The Morgan fingerprint density at radius 3 is 2.32 bits per heavy atom. The van der Waals surface area contributed by atoms with Gasteiger partial charge in [-0.25, -0.2) is 4.79 Å². The minimum atomic E-state index is -4.47. The van der Waals surface area contributed by atoms with Gasteiger partial charge in [-0.2, -0.15) is 13.2 Å². The molecular formula is C11H15F3N2O3. The summed E-state index contributed by atoms with van der Waals surface area (Å²) in [4.78, 5) is 22.5. The second-order valence-corrected chi connectivity index (χ2v) is 5.16. The van der Waals surface area contributed by atoms with E-state index in [2.05, 4.69) is 5.32 Å². The lowest BCUT2D eigenvalue weighted by atomic mass is 10.0. The molecule has 5 nitrogen and oxygen atoms in total. The highest BCUT2D eigenvalue weighted by molar-refractivity contribution is 5.78. The molecule has 0 spiro atoms. The van der Waals surface area contributed by atoms with Crippen molar-refractivity contribution in [3.8, 4) is 0 Å². The molecule has 0 aromatic carbocycles. The van der Waals surface area contributed by atoms with Crippen molar-refractivity contribution < 1.29 is 27.9 Å². The second kappa shape index (κ2) is 4.57. The first-order valence-corrected chi connectivity index (χ1v) is 6.13.